The Morgan fingerprint density at radius 1 is 1.23 bits per heavy atom. The predicted octanol–water partition coefficient (Wildman–Crippen LogP) is 1.92. The van der Waals surface area contributed by atoms with Crippen molar-refractivity contribution >= 4 is 17.4 Å². The molecule has 9 heteroatoms. The van der Waals surface area contributed by atoms with Gasteiger partial charge in [-0.3, -0.25) is 24.0 Å². The number of carbonyl (C=O) groups excluding carboxylic acids is 1. The summed E-state index contributed by atoms with van der Waals surface area (Å²) in [4.78, 5) is 41.9. The van der Waals surface area contributed by atoms with Crippen molar-refractivity contribution in [1.29, 1.82) is 0 Å². The van der Waals surface area contributed by atoms with Crippen molar-refractivity contribution in [3.63, 3.8) is 0 Å². The summed E-state index contributed by atoms with van der Waals surface area (Å²) in [6, 6.07) is 9.12. The van der Waals surface area contributed by atoms with E-state index in [1.54, 1.807) is 12.1 Å². The van der Waals surface area contributed by atoms with Crippen LogP contribution >= 0.6 is 0 Å². The number of nitrogens with zero attached hydrogens (tertiary/aromatic N) is 3. The van der Waals surface area contributed by atoms with Gasteiger partial charge in [-0.25, -0.2) is 4.79 Å². The van der Waals surface area contributed by atoms with Crippen LogP contribution in [0.15, 0.2) is 52.3 Å². The molecule has 9 nitrogen and oxygen atoms in total. The van der Waals surface area contributed by atoms with E-state index in [1.165, 1.54) is 16.6 Å². The van der Waals surface area contributed by atoms with Crippen molar-refractivity contribution in [1.82, 2.24) is 14.1 Å². The van der Waals surface area contributed by atoms with Crippen LogP contribution in [0.25, 0.3) is 5.69 Å². The van der Waals surface area contributed by atoms with Crippen molar-refractivity contribution in [3.05, 3.63) is 74.7 Å². The number of hydrogen-bond acceptors (Lipinski definition) is 5. The van der Waals surface area contributed by atoms with Gasteiger partial charge in [0.2, 0.25) is 0 Å². The van der Waals surface area contributed by atoms with Crippen molar-refractivity contribution in [3.8, 4) is 5.69 Å². The number of aryl methyl sites for hydroxylation is 1. The molecule has 1 amide bonds. The van der Waals surface area contributed by atoms with Gasteiger partial charge in [-0.05, 0) is 43.2 Å². The molecule has 0 aliphatic heterocycles. The largest absolute Gasteiger partial charge is 0.383 e. The molecule has 3 aromatic rings. The van der Waals surface area contributed by atoms with Crippen molar-refractivity contribution in [2.45, 2.75) is 26.8 Å². The van der Waals surface area contributed by atoms with E-state index in [0.717, 1.165) is 11.3 Å². The second-order valence-electron chi connectivity index (χ2n) is 7.19. The van der Waals surface area contributed by atoms with Crippen molar-refractivity contribution < 1.29 is 9.53 Å². The van der Waals surface area contributed by atoms with Gasteiger partial charge < -0.3 is 15.0 Å². The molecule has 164 valence electrons. The van der Waals surface area contributed by atoms with Gasteiger partial charge in [-0.2, -0.15) is 0 Å². The molecule has 1 aromatic carbocycles. The van der Waals surface area contributed by atoms with Crippen LogP contribution in [0.4, 0.5) is 11.5 Å². The molecule has 0 bridgehead atoms. The number of nitrogen functional groups attached to an aromatic ring is 1. The van der Waals surface area contributed by atoms with Crippen LogP contribution in [0.1, 0.15) is 29.3 Å². The molecule has 2 aromatic heterocycles. The number of ether oxygens (including phenoxy) is 1. The maximum absolute atomic E-state index is 13.5. The third-order valence-electron chi connectivity index (χ3n) is 5.03. The molecule has 0 unspecified atom stereocenters. The molecule has 0 atom stereocenters. The highest BCUT2D eigenvalue weighted by Gasteiger charge is 2.25. The number of rotatable bonds is 8. The summed E-state index contributed by atoms with van der Waals surface area (Å²) in [6.45, 7) is 4.45. The summed E-state index contributed by atoms with van der Waals surface area (Å²) in [7, 11) is 1.50. The number of benzene rings is 1. The first-order valence-electron chi connectivity index (χ1n) is 10.1. The minimum Gasteiger partial charge on any atom is -0.383 e. The van der Waals surface area contributed by atoms with Crippen LogP contribution in [0, 0.1) is 6.92 Å². The lowest BCUT2D eigenvalue weighted by Crippen LogP contribution is -2.42. The molecule has 0 saturated heterocycles. The molecular weight excluding hydrogens is 398 g/mol. The highest BCUT2D eigenvalue weighted by atomic mass is 16.5. The smallest absolute Gasteiger partial charge is 0.330 e. The van der Waals surface area contributed by atoms with E-state index in [0.29, 0.717) is 18.5 Å². The zero-order chi connectivity index (χ0) is 22.5. The standard InChI is InChI=1S/C22H27N5O4/c1-4-9-27-19(23)18(20(28)24-22(27)30)26(12-13-31-3)21(29)16-8-7-15(2)17(14-16)25-10-5-6-11-25/h5-8,10-11,14H,4,9,12-13,23H2,1-3H3,(H,24,28,30). The van der Waals surface area contributed by atoms with Crippen LogP contribution in [0.2, 0.25) is 0 Å². The van der Waals surface area contributed by atoms with Gasteiger partial charge in [0.25, 0.3) is 11.5 Å². The van der Waals surface area contributed by atoms with E-state index >= 15 is 0 Å². The Labute approximate surface area is 179 Å². The van der Waals surface area contributed by atoms with Crippen LogP contribution in [-0.2, 0) is 11.3 Å². The zero-order valence-corrected chi connectivity index (χ0v) is 17.9. The number of methoxy groups -OCH3 is 1. The number of aromatic nitrogens is 3. The normalized spacial score (nSPS) is 10.9. The lowest BCUT2D eigenvalue weighted by atomic mass is 10.1. The molecule has 0 aliphatic rings. The van der Waals surface area contributed by atoms with E-state index in [1.807, 2.05) is 49.0 Å². The number of H-pyrrole nitrogens is 1. The first-order chi connectivity index (χ1) is 14.9. The Morgan fingerprint density at radius 3 is 2.58 bits per heavy atom. The third kappa shape index (κ3) is 4.46. The minimum atomic E-state index is -0.711. The zero-order valence-electron chi connectivity index (χ0n) is 17.9. The Kier molecular flexibility index (Phi) is 6.76. The Bertz CT molecular complexity index is 1180. The number of nitrogens with one attached hydrogen (secondary N) is 1. The fourth-order valence-corrected chi connectivity index (χ4v) is 3.45. The van der Waals surface area contributed by atoms with E-state index < -0.39 is 17.2 Å². The molecule has 0 fully saturated rings. The molecule has 2 heterocycles. The maximum Gasteiger partial charge on any atom is 0.330 e. The summed E-state index contributed by atoms with van der Waals surface area (Å²) in [5.41, 5.74) is 7.05. The fourth-order valence-electron chi connectivity index (χ4n) is 3.45. The number of nitrogens with two attached hydrogens (primary N) is 1. The molecule has 0 spiro atoms. The summed E-state index contributed by atoms with van der Waals surface area (Å²) in [5, 5.41) is 0. The molecule has 31 heavy (non-hydrogen) atoms. The number of carbonyl (C=O) groups is 1. The minimum absolute atomic E-state index is 0.0437. The molecule has 3 rings (SSSR count). The predicted molar refractivity (Wildman–Crippen MR) is 120 cm³/mol. The molecule has 0 aliphatic carbocycles. The second-order valence-corrected chi connectivity index (χ2v) is 7.19. The highest BCUT2D eigenvalue weighted by molar-refractivity contribution is 6.07. The third-order valence-corrected chi connectivity index (χ3v) is 5.03. The molecule has 3 N–H and O–H groups in total. The van der Waals surface area contributed by atoms with Crippen LogP contribution in [0.3, 0.4) is 0 Å². The van der Waals surface area contributed by atoms with Crippen LogP contribution in [0.5, 0.6) is 0 Å². The van der Waals surface area contributed by atoms with Gasteiger partial charge in [-0.15, -0.1) is 0 Å². The van der Waals surface area contributed by atoms with E-state index in [4.69, 9.17) is 10.5 Å². The van der Waals surface area contributed by atoms with Gasteiger partial charge in [0, 0.05) is 43.8 Å². The molecule has 0 radical (unpaired) electrons. The van der Waals surface area contributed by atoms with Crippen molar-refractivity contribution in [2.24, 2.45) is 0 Å². The SMILES string of the molecule is CCCn1c(N)c(N(CCOC)C(=O)c2ccc(C)c(-n3cccc3)c2)c(=O)[nH]c1=O. The fraction of sp³-hybridized carbons (Fsp3) is 0.318. The average Bonchev–Trinajstić information content (AvgIpc) is 3.28. The van der Waals surface area contributed by atoms with Gasteiger partial charge in [0.15, 0.2) is 5.69 Å². The molecule has 0 saturated carbocycles. The lowest BCUT2D eigenvalue weighted by molar-refractivity contribution is 0.0975. The van der Waals surface area contributed by atoms with Gasteiger partial charge in [-0.1, -0.05) is 13.0 Å². The summed E-state index contributed by atoms with van der Waals surface area (Å²) >= 11 is 0. The monoisotopic (exact) mass is 425 g/mol. The Morgan fingerprint density at radius 2 is 1.94 bits per heavy atom. The topological polar surface area (TPSA) is 115 Å². The summed E-state index contributed by atoms with van der Waals surface area (Å²) in [5.74, 6) is -0.456. The van der Waals surface area contributed by atoms with E-state index in [-0.39, 0.29) is 24.7 Å². The Hall–Kier alpha value is -3.59. The number of aromatic amines is 1. The summed E-state index contributed by atoms with van der Waals surface area (Å²) < 4.78 is 8.32. The highest BCUT2D eigenvalue weighted by Crippen LogP contribution is 2.22. The lowest BCUT2D eigenvalue weighted by Gasteiger charge is -2.24. The quantitative estimate of drug-likeness (QED) is 0.572. The van der Waals surface area contributed by atoms with Gasteiger partial charge in [0.1, 0.15) is 5.82 Å². The van der Waals surface area contributed by atoms with E-state index in [9.17, 15) is 14.4 Å². The summed E-state index contributed by atoms with van der Waals surface area (Å²) in [6.07, 6.45) is 4.42. The van der Waals surface area contributed by atoms with Gasteiger partial charge >= 0.3 is 5.69 Å². The average molecular weight is 425 g/mol. The van der Waals surface area contributed by atoms with Gasteiger partial charge in [0.05, 0.1) is 6.61 Å². The number of amides is 1. The van der Waals surface area contributed by atoms with E-state index in [2.05, 4.69) is 4.98 Å². The first kappa shape index (κ1) is 22.1. The molecular formula is C22H27N5O4. The number of hydrogen-bond donors (Lipinski definition) is 2. The van der Waals surface area contributed by atoms with Crippen LogP contribution in [-0.4, -0.2) is 40.3 Å². The first-order valence-corrected chi connectivity index (χ1v) is 10.1. The van der Waals surface area contributed by atoms with Crippen LogP contribution < -0.4 is 21.9 Å². The maximum atomic E-state index is 13.5. The van der Waals surface area contributed by atoms with Crippen molar-refractivity contribution in [2.75, 3.05) is 30.9 Å². The number of anilines is 2. The second kappa shape index (κ2) is 9.48. The Balaban J connectivity index is 2.12.